The van der Waals surface area contributed by atoms with E-state index in [4.69, 9.17) is 9.97 Å². The summed E-state index contributed by atoms with van der Waals surface area (Å²) in [5, 5.41) is 2.61. The lowest BCUT2D eigenvalue weighted by Gasteiger charge is -2.38. The topological polar surface area (TPSA) is 54.3 Å². The summed E-state index contributed by atoms with van der Waals surface area (Å²) in [6.07, 6.45) is 1.06. The minimum absolute atomic E-state index is 0.0251. The van der Waals surface area contributed by atoms with E-state index >= 15 is 0 Å². The zero-order chi connectivity index (χ0) is 22.1. The Morgan fingerprint density at radius 1 is 1.00 bits per heavy atom. The van der Waals surface area contributed by atoms with E-state index in [0.29, 0.717) is 11.4 Å². The van der Waals surface area contributed by atoms with Gasteiger partial charge in [-0.3, -0.25) is 14.3 Å². The van der Waals surface area contributed by atoms with Crippen LogP contribution in [0.15, 0.2) is 58.5 Å². The fourth-order valence-electron chi connectivity index (χ4n) is 4.18. The number of nitrogens with zero attached hydrogens (tertiary/aromatic N) is 5. The van der Waals surface area contributed by atoms with Crippen molar-refractivity contribution >= 4 is 49.3 Å². The van der Waals surface area contributed by atoms with Crippen molar-refractivity contribution in [3.05, 3.63) is 58.9 Å². The molecule has 0 spiro atoms. The first-order valence-corrected chi connectivity index (χ1v) is 12.8. The van der Waals surface area contributed by atoms with Gasteiger partial charge in [0, 0.05) is 45.0 Å². The van der Waals surface area contributed by atoms with Crippen LogP contribution in [0.2, 0.25) is 0 Å². The minimum Gasteiger partial charge on any atom is -0.345 e. The molecule has 1 fully saturated rings. The molecule has 5 rings (SSSR count). The monoisotopic (exact) mass is 465 g/mol. The molecule has 4 aromatic rings. The summed E-state index contributed by atoms with van der Waals surface area (Å²) in [4.78, 5) is 27.1. The molecule has 2 aromatic carbocycles. The second-order valence-electron chi connectivity index (χ2n) is 8.25. The number of thiazole rings is 1. The van der Waals surface area contributed by atoms with Crippen LogP contribution in [0.4, 0.5) is 5.13 Å². The van der Waals surface area contributed by atoms with Crippen LogP contribution in [-0.2, 0) is 7.05 Å². The number of thioether (sulfide) groups is 1. The van der Waals surface area contributed by atoms with E-state index in [1.165, 1.54) is 4.70 Å². The molecule has 0 bridgehead atoms. The molecule has 1 unspecified atom stereocenters. The third-order valence-corrected chi connectivity index (χ3v) is 8.36. The SMILES string of the molecule is CC(CCSc1nc2ccccc2c(=O)n1C)N1CCN(c2nc3ccccc3s2)CC1. The van der Waals surface area contributed by atoms with Crippen LogP contribution in [-0.4, -0.2) is 57.4 Å². The van der Waals surface area contributed by atoms with Gasteiger partial charge in [0.25, 0.3) is 5.56 Å². The first-order chi connectivity index (χ1) is 15.6. The lowest BCUT2D eigenvalue weighted by atomic mass is 10.2. The lowest BCUT2D eigenvalue weighted by Crippen LogP contribution is -2.49. The Morgan fingerprint density at radius 3 is 2.50 bits per heavy atom. The van der Waals surface area contributed by atoms with Crippen LogP contribution in [0.1, 0.15) is 13.3 Å². The maximum atomic E-state index is 12.6. The molecule has 0 saturated carbocycles. The first-order valence-electron chi connectivity index (χ1n) is 11.0. The molecule has 2 aromatic heterocycles. The van der Waals surface area contributed by atoms with Crippen LogP contribution in [0.5, 0.6) is 0 Å². The van der Waals surface area contributed by atoms with Gasteiger partial charge in [-0.1, -0.05) is 47.4 Å². The largest absolute Gasteiger partial charge is 0.345 e. The lowest BCUT2D eigenvalue weighted by molar-refractivity contribution is 0.193. The number of para-hydroxylation sites is 2. The molecule has 1 aliphatic heterocycles. The summed E-state index contributed by atoms with van der Waals surface area (Å²) >= 11 is 3.46. The summed E-state index contributed by atoms with van der Waals surface area (Å²) in [5.74, 6) is 0.942. The summed E-state index contributed by atoms with van der Waals surface area (Å²) < 4.78 is 2.93. The van der Waals surface area contributed by atoms with E-state index in [-0.39, 0.29) is 5.56 Å². The van der Waals surface area contributed by atoms with Gasteiger partial charge in [-0.2, -0.15) is 0 Å². The third-order valence-electron chi connectivity index (χ3n) is 6.20. The van der Waals surface area contributed by atoms with Crippen molar-refractivity contribution in [2.75, 3.05) is 36.8 Å². The van der Waals surface area contributed by atoms with Gasteiger partial charge in [-0.15, -0.1) is 0 Å². The van der Waals surface area contributed by atoms with Crippen LogP contribution in [0.25, 0.3) is 21.1 Å². The standard InChI is InChI=1S/C24H27N5OS2/c1-17(11-16-31-23-25-19-8-4-3-7-18(19)22(30)27(23)2)28-12-14-29(15-13-28)24-26-20-9-5-6-10-21(20)32-24/h3-10,17H,11-16H2,1-2H3. The predicted molar refractivity (Wildman–Crippen MR) is 135 cm³/mol. The van der Waals surface area contributed by atoms with E-state index in [1.807, 2.05) is 31.3 Å². The van der Waals surface area contributed by atoms with Gasteiger partial charge >= 0.3 is 0 Å². The average molecular weight is 466 g/mol. The summed E-state index contributed by atoms with van der Waals surface area (Å²) in [6, 6.07) is 16.4. The van der Waals surface area contributed by atoms with Crippen LogP contribution < -0.4 is 10.5 Å². The molecule has 0 aliphatic carbocycles. The van der Waals surface area contributed by atoms with Gasteiger partial charge in [0.1, 0.15) is 0 Å². The van der Waals surface area contributed by atoms with Gasteiger partial charge in [0.2, 0.25) is 0 Å². The van der Waals surface area contributed by atoms with Crippen LogP contribution in [0.3, 0.4) is 0 Å². The molecular weight excluding hydrogens is 438 g/mol. The van der Waals surface area contributed by atoms with Crippen molar-refractivity contribution in [2.24, 2.45) is 7.05 Å². The van der Waals surface area contributed by atoms with Crippen molar-refractivity contribution in [1.29, 1.82) is 0 Å². The quantitative estimate of drug-likeness (QED) is 0.314. The van der Waals surface area contributed by atoms with Crippen molar-refractivity contribution in [3.8, 4) is 0 Å². The highest BCUT2D eigenvalue weighted by atomic mass is 32.2. The highest BCUT2D eigenvalue weighted by Crippen LogP contribution is 2.29. The number of hydrogen-bond donors (Lipinski definition) is 0. The molecule has 6 nitrogen and oxygen atoms in total. The molecule has 0 amide bonds. The normalized spacial score (nSPS) is 16.1. The second kappa shape index (κ2) is 9.21. The second-order valence-corrected chi connectivity index (χ2v) is 10.3. The van der Waals surface area contributed by atoms with E-state index in [1.54, 1.807) is 27.7 Å². The first kappa shape index (κ1) is 21.4. The molecule has 1 aliphatic rings. The predicted octanol–water partition coefficient (Wildman–Crippen LogP) is 4.24. The summed E-state index contributed by atoms with van der Waals surface area (Å²) in [7, 11) is 1.81. The van der Waals surface area contributed by atoms with E-state index in [9.17, 15) is 4.79 Å². The van der Waals surface area contributed by atoms with Gasteiger partial charge in [0.05, 0.1) is 21.1 Å². The molecule has 0 N–H and O–H groups in total. The number of piperazine rings is 1. The Morgan fingerprint density at radius 2 is 1.72 bits per heavy atom. The molecule has 0 radical (unpaired) electrons. The smallest absolute Gasteiger partial charge is 0.261 e. The Labute approximate surface area is 195 Å². The fraction of sp³-hybridized carbons (Fsp3) is 0.375. The fourth-order valence-corrected chi connectivity index (χ4v) is 6.28. The number of anilines is 1. The summed E-state index contributed by atoms with van der Waals surface area (Å²) in [5.41, 5.74) is 1.89. The molecule has 3 heterocycles. The number of aromatic nitrogens is 3. The Balaban J connectivity index is 1.15. The molecule has 1 saturated heterocycles. The van der Waals surface area contributed by atoms with Gasteiger partial charge < -0.3 is 4.90 Å². The maximum absolute atomic E-state index is 12.6. The Kier molecular flexibility index (Phi) is 6.17. The van der Waals surface area contributed by atoms with Gasteiger partial charge in [0.15, 0.2) is 10.3 Å². The molecule has 32 heavy (non-hydrogen) atoms. The number of hydrogen-bond acceptors (Lipinski definition) is 7. The van der Waals surface area contributed by atoms with Crippen molar-refractivity contribution < 1.29 is 0 Å². The Hall–Kier alpha value is -2.42. The maximum Gasteiger partial charge on any atom is 0.261 e. The Bertz CT molecular complexity index is 1260. The third kappa shape index (κ3) is 4.27. The van der Waals surface area contributed by atoms with Crippen molar-refractivity contribution in [2.45, 2.75) is 24.5 Å². The van der Waals surface area contributed by atoms with Crippen molar-refractivity contribution in [3.63, 3.8) is 0 Å². The van der Waals surface area contributed by atoms with E-state index in [2.05, 4.69) is 41.0 Å². The highest BCUT2D eigenvalue weighted by Gasteiger charge is 2.23. The minimum atomic E-state index is 0.0251. The average Bonchev–Trinajstić information content (AvgIpc) is 3.26. The molecule has 166 valence electrons. The zero-order valence-corrected chi connectivity index (χ0v) is 20.0. The highest BCUT2D eigenvalue weighted by molar-refractivity contribution is 7.99. The molecule has 8 heteroatoms. The zero-order valence-electron chi connectivity index (χ0n) is 18.4. The number of fused-ring (bicyclic) bond motifs is 2. The van der Waals surface area contributed by atoms with Crippen LogP contribution in [0, 0.1) is 0 Å². The van der Waals surface area contributed by atoms with E-state index in [0.717, 1.165) is 59.7 Å². The number of rotatable bonds is 6. The van der Waals surface area contributed by atoms with Crippen molar-refractivity contribution in [1.82, 2.24) is 19.4 Å². The van der Waals surface area contributed by atoms with Gasteiger partial charge in [-0.05, 0) is 37.6 Å². The molecular formula is C24H27N5OS2. The molecule has 1 atom stereocenters. The van der Waals surface area contributed by atoms with Gasteiger partial charge in [-0.25, -0.2) is 9.97 Å². The number of benzene rings is 2. The van der Waals surface area contributed by atoms with Crippen LogP contribution >= 0.6 is 23.1 Å². The summed E-state index contributed by atoms with van der Waals surface area (Å²) in [6.45, 7) is 6.43. The van der Waals surface area contributed by atoms with E-state index < -0.39 is 0 Å².